The van der Waals surface area contributed by atoms with Gasteiger partial charge in [-0.15, -0.1) is 5.10 Å². The SMILES string of the molecule is Cc1nnc(Oc2cc(C(=O)O)ccc2[N+](=O)[O-])s1. The number of nitro benzene ring substituents is 1. The second-order valence-corrected chi connectivity index (χ2v) is 4.58. The monoisotopic (exact) mass is 281 g/mol. The second-order valence-electron chi connectivity index (χ2n) is 3.43. The van der Waals surface area contributed by atoms with Crippen molar-refractivity contribution >= 4 is 23.0 Å². The molecule has 2 aromatic rings. The highest BCUT2D eigenvalue weighted by Crippen LogP contribution is 2.33. The third-order valence-corrected chi connectivity index (χ3v) is 2.82. The lowest BCUT2D eigenvalue weighted by Crippen LogP contribution is -1.99. The number of carboxylic acid groups (broad SMARTS) is 1. The van der Waals surface area contributed by atoms with Crippen LogP contribution >= 0.6 is 11.3 Å². The van der Waals surface area contributed by atoms with Gasteiger partial charge in [0.1, 0.15) is 5.01 Å². The molecule has 0 fully saturated rings. The van der Waals surface area contributed by atoms with Gasteiger partial charge >= 0.3 is 11.7 Å². The Morgan fingerprint density at radius 2 is 2.21 bits per heavy atom. The van der Waals surface area contributed by atoms with Crippen LogP contribution in [0.3, 0.4) is 0 Å². The summed E-state index contributed by atoms with van der Waals surface area (Å²) in [5, 5.41) is 27.8. The van der Waals surface area contributed by atoms with Crippen LogP contribution in [0.1, 0.15) is 15.4 Å². The number of benzene rings is 1. The molecule has 9 heteroatoms. The average Bonchev–Trinajstić information content (AvgIpc) is 2.74. The number of aromatic nitrogens is 2. The first-order valence-electron chi connectivity index (χ1n) is 4.97. The standard InChI is InChI=1S/C10H7N3O5S/c1-5-11-12-10(19-5)18-8-4-6(9(14)15)2-3-7(8)13(16)17/h2-4H,1H3,(H,14,15). The molecule has 0 radical (unpaired) electrons. The lowest BCUT2D eigenvalue weighted by atomic mass is 10.2. The molecule has 0 atom stereocenters. The fraction of sp³-hybridized carbons (Fsp3) is 0.100. The zero-order chi connectivity index (χ0) is 14.0. The van der Waals surface area contributed by atoms with E-state index in [1.54, 1.807) is 6.92 Å². The van der Waals surface area contributed by atoms with Crippen LogP contribution < -0.4 is 4.74 Å². The van der Waals surface area contributed by atoms with Crippen molar-refractivity contribution in [3.05, 3.63) is 38.9 Å². The summed E-state index contributed by atoms with van der Waals surface area (Å²) in [4.78, 5) is 21.0. The first-order valence-corrected chi connectivity index (χ1v) is 5.78. The molecule has 1 aromatic heterocycles. The smallest absolute Gasteiger partial charge is 0.335 e. The molecule has 1 heterocycles. The minimum atomic E-state index is -1.20. The molecule has 1 N–H and O–H groups in total. The van der Waals surface area contributed by atoms with Crippen LogP contribution in [0.2, 0.25) is 0 Å². The van der Waals surface area contributed by atoms with Crippen molar-refractivity contribution in [2.45, 2.75) is 6.92 Å². The van der Waals surface area contributed by atoms with Crippen molar-refractivity contribution in [1.29, 1.82) is 0 Å². The summed E-state index contributed by atoms with van der Waals surface area (Å²) in [5.74, 6) is -1.38. The van der Waals surface area contributed by atoms with Crippen molar-refractivity contribution in [3.63, 3.8) is 0 Å². The van der Waals surface area contributed by atoms with Crippen LogP contribution in [0.15, 0.2) is 18.2 Å². The maximum absolute atomic E-state index is 10.8. The van der Waals surface area contributed by atoms with Gasteiger partial charge in [-0.1, -0.05) is 16.4 Å². The van der Waals surface area contributed by atoms with Gasteiger partial charge in [0.15, 0.2) is 0 Å². The van der Waals surface area contributed by atoms with Crippen LogP contribution in [-0.2, 0) is 0 Å². The molecule has 98 valence electrons. The van der Waals surface area contributed by atoms with Gasteiger partial charge in [0.2, 0.25) is 5.75 Å². The topological polar surface area (TPSA) is 115 Å². The largest absolute Gasteiger partial charge is 0.478 e. The number of nitro groups is 1. The van der Waals surface area contributed by atoms with Crippen LogP contribution in [-0.4, -0.2) is 26.2 Å². The van der Waals surface area contributed by atoms with Gasteiger partial charge in [0.25, 0.3) is 5.19 Å². The molecular weight excluding hydrogens is 274 g/mol. The fourth-order valence-corrected chi connectivity index (χ4v) is 1.84. The maximum atomic E-state index is 10.8. The molecule has 0 saturated carbocycles. The van der Waals surface area contributed by atoms with Gasteiger partial charge in [0.05, 0.1) is 10.5 Å². The first kappa shape index (κ1) is 12.9. The van der Waals surface area contributed by atoms with E-state index >= 15 is 0 Å². The van der Waals surface area contributed by atoms with E-state index in [4.69, 9.17) is 9.84 Å². The summed E-state index contributed by atoms with van der Waals surface area (Å²) < 4.78 is 5.22. The van der Waals surface area contributed by atoms with Crippen LogP contribution in [0.5, 0.6) is 10.9 Å². The second kappa shape index (κ2) is 4.98. The molecule has 8 nitrogen and oxygen atoms in total. The molecule has 0 amide bonds. The number of aromatic carboxylic acids is 1. The number of ether oxygens (including phenoxy) is 1. The Morgan fingerprint density at radius 3 is 2.74 bits per heavy atom. The summed E-state index contributed by atoms with van der Waals surface area (Å²) in [6.45, 7) is 1.70. The fourth-order valence-electron chi connectivity index (χ4n) is 1.29. The number of carboxylic acids is 1. The zero-order valence-electron chi connectivity index (χ0n) is 9.56. The van der Waals surface area contributed by atoms with Gasteiger partial charge in [-0.2, -0.15) is 0 Å². The first-order chi connectivity index (χ1) is 8.97. The predicted molar refractivity (Wildman–Crippen MR) is 64.8 cm³/mol. The Balaban J connectivity index is 2.42. The molecule has 0 spiro atoms. The van der Waals surface area contributed by atoms with E-state index in [2.05, 4.69) is 10.2 Å². The van der Waals surface area contributed by atoms with Crippen molar-refractivity contribution in [3.8, 4) is 10.9 Å². The number of aryl methyl sites for hydroxylation is 1. The van der Waals surface area contributed by atoms with Crippen molar-refractivity contribution in [2.24, 2.45) is 0 Å². The Morgan fingerprint density at radius 1 is 1.47 bits per heavy atom. The minimum absolute atomic E-state index is 0.109. The van der Waals surface area contributed by atoms with E-state index in [9.17, 15) is 14.9 Å². The van der Waals surface area contributed by atoms with Crippen LogP contribution in [0, 0.1) is 17.0 Å². The highest BCUT2D eigenvalue weighted by atomic mass is 32.1. The normalized spacial score (nSPS) is 10.2. The van der Waals surface area contributed by atoms with Crippen molar-refractivity contribution < 1.29 is 19.6 Å². The summed E-state index contributed by atoms with van der Waals surface area (Å²) in [6.07, 6.45) is 0. The van der Waals surface area contributed by atoms with E-state index in [0.29, 0.717) is 5.01 Å². The third-order valence-electron chi connectivity index (χ3n) is 2.11. The molecule has 0 bridgehead atoms. The van der Waals surface area contributed by atoms with Gasteiger partial charge in [-0.25, -0.2) is 4.79 Å². The van der Waals surface area contributed by atoms with Gasteiger partial charge in [-0.3, -0.25) is 10.1 Å². The summed E-state index contributed by atoms with van der Waals surface area (Å²) >= 11 is 1.10. The summed E-state index contributed by atoms with van der Waals surface area (Å²) in [6, 6.07) is 3.29. The average molecular weight is 281 g/mol. The molecular formula is C10H7N3O5S. The number of hydrogen-bond donors (Lipinski definition) is 1. The van der Waals surface area contributed by atoms with Gasteiger partial charge in [0, 0.05) is 12.1 Å². The molecule has 0 aliphatic rings. The minimum Gasteiger partial charge on any atom is -0.478 e. The molecule has 2 rings (SSSR count). The molecule has 0 aliphatic heterocycles. The predicted octanol–water partition coefficient (Wildman–Crippen LogP) is 2.25. The maximum Gasteiger partial charge on any atom is 0.335 e. The highest BCUT2D eigenvalue weighted by Gasteiger charge is 2.19. The molecule has 19 heavy (non-hydrogen) atoms. The molecule has 0 saturated heterocycles. The lowest BCUT2D eigenvalue weighted by molar-refractivity contribution is -0.385. The van der Waals surface area contributed by atoms with E-state index in [1.165, 1.54) is 0 Å². The molecule has 1 aromatic carbocycles. The van der Waals surface area contributed by atoms with E-state index in [1.807, 2.05) is 0 Å². The van der Waals surface area contributed by atoms with E-state index in [-0.39, 0.29) is 22.2 Å². The summed E-state index contributed by atoms with van der Waals surface area (Å²) in [7, 11) is 0. The number of rotatable bonds is 4. The zero-order valence-corrected chi connectivity index (χ0v) is 10.4. The lowest BCUT2D eigenvalue weighted by Gasteiger charge is -2.03. The number of hydrogen-bond acceptors (Lipinski definition) is 7. The van der Waals surface area contributed by atoms with Gasteiger partial charge in [-0.05, 0) is 13.0 Å². The Labute approximate surface area is 110 Å². The summed E-state index contributed by atoms with van der Waals surface area (Å²) in [5.41, 5.74) is -0.445. The quantitative estimate of drug-likeness (QED) is 0.674. The van der Waals surface area contributed by atoms with Crippen molar-refractivity contribution in [2.75, 3.05) is 0 Å². The molecule has 0 unspecified atom stereocenters. The highest BCUT2D eigenvalue weighted by molar-refractivity contribution is 7.13. The van der Waals surface area contributed by atoms with E-state index < -0.39 is 10.9 Å². The van der Waals surface area contributed by atoms with Crippen molar-refractivity contribution in [1.82, 2.24) is 10.2 Å². The van der Waals surface area contributed by atoms with Crippen LogP contribution in [0.4, 0.5) is 5.69 Å². The Bertz CT molecular complexity index is 654. The van der Waals surface area contributed by atoms with Crippen LogP contribution in [0.25, 0.3) is 0 Å². The number of nitrogens with zero attached hydrogens (tertiary/aromatic N) is 3. The van der Waals surface area contributed by atoms with E-state index in [0.717, 1.165) is 29.5 Å². The number of carbonyl (C=O) groups is 1. The van der Waals surface area contributed by atoms with Gasteiger partial charge < -0.3 is 9.84 Å². The Hall–Kier alpha value is -2.55. The Kier molecular flexibility index (Phi) is 3.38. The third kappa shape index (κ3) is 2.83. The molecule has 0 aliphatic carbocycles.